The Bertz CT molecular complexity index is 1920. The zero-order valence-corrected chi connectivity index (χ0v) is 64.4. The number of carbonyl (C=O) groups is 3. The highest BCUT2D eigenvalue weighted by molar-refractivity contribution is 5.70. The van der Waals surface area contributed by atoms with Crippen LogP contribution in [0.25, 0.3) is 0 Å². The number of carboxylic acid groups (broad SMARTS) is 1. The van der Waals surface area contributed by atoms with Crippen LogP contribution in [0.1, 0.15) is 386 Å². The first-order chi connectivity index (χ1) is 47.6. The van der Waals surface area contributed by atoms with E-state index in [1.165, 1.54) is 276 Å². The Morgan fingerprint density at radius 3 is 0.876 bits per heavy atom. The van der Waals surface area contributed by atoms with Crippen LogP contribution in [0.5, 0.6) is 0 Å². The lowest BCUT2D eigenvalue weighted by Crippen LogP contribution is -2.44. The van der Waals surface area contributed by atoms with Gasteiger partial charge >= 0.3 is 11.9 Å². The van der Waals surface area contributed by atoms with Crippen molar-refractivity contribution < 1.29 is 42.9 Å². The van der Waals surface area contributed by atoms with Crippen molar-refractivity contribution in [2.75, 3.05) is 47.5 Å². The number of carboxylic acids is 1. The number of nitrogens with zero attached hydrogens (tertiary/aromatic N) is 1. The molecule has 9 heteroatoms. The van der Waals surface area contributed by atoms with Gasteiger partial charge in [-0.05, 0) is 96.3 Å². The molecular weight excluding hydrogens is 1200 g/mol. The number of allylic oxidation sites excluding steroid dienone is 16. The Kier molecular flexibility index (Phi) is 74.9. The van der Waals surface area contributed by atoms with Crippen LogP contribution in [0.3, 0.4) is 0 Å². The van der Waals surface area contributed by atoms with E-state index in [0.717, 1.165) is 77.0 Å². The van der Waals surface area contributed by atoms with Gasteiger partial charge in [0.1, 0.15) is 13.2 Å². The topological polar surface area (TPSA) is 111 Å². The van der Waals surface area contributed by atoms with Gasteiger partial charge in [-0.3, -0.25) is 9.59 Å². The van der Waals surface area contributed by atoms with E-state index in [2.05, 4.69) is 111 Å². The minimum Gasteiger partial charge on any atom is -0.545 e. The van der Waals surface area contributed by atoms with Crippen molar-refractivity contribution in [3.8, 4) is 0 Å². The van der Waals surface area contributed by atoms with Crippen LogP contribution < -0.4 is 5.11 Å². The third-order valence-electron chi connectivity index (χ3n) is 18.3. The predicted molar refractivity (Wildman–Crippen MR) is 417 cm³/mol. The van der Waals surface area contributed by atoms with E-state index in [-0.39, 0.29) is 32.2 Å². The molecule has 0 heterocycles. The first-order valence-electron chi connectivity index (χ1n) is 41.4. The van der Waals surface area contributed by atoms with E-state index in [9.17, 15) is 19.5 Å². The molecular formula is C88H157NO8. The summed E-state index contributed by atoms with van der Waals surface area (Å²) in [5.41, 5.74) is 0. The molecule has 2 atom stereocenters. The van der Waals surface area contributed by atoms with Crippen molar-refractivity contribution in [3.63, 3.8) is 0 Å². The second-order valence-electron chi connectivity index (χ2n) is 29.0. The van der Waals surface area contributed by atoms with E-state index in [4.69, 9.17) is 18.9 Å². The fourth-order valence-corrected chi connectivity index (χ4v) is 12.0. The highest BCUT2D eigenvalue weighted by Gasteiger charge is 2.22. The van der Waals surface area contributed by atoms with Gasteiger partial charge in [-0.15, -0.1) is 0 Å². The molecule has 0 aromatic heterocycles. The molecule has 0 saturated carbocycles. The van der Waals surface area contributed by atoms with Crippen molar-refractivity contribution in [1.29, 1.82) is 0 Å². The maximum atomic E-state index is 13.0. The third kappa shape index (κ3) is 79.4. The molecule has 0 amide bonds. The molecule has 0 radical (unpaired) electrons. The lowest BCUT2D eigenvalue weighted by atomic mass is 10.0. The van der Waals surface area contributed by atoms with Crippen LogP contribution in [0.2, 0.25) is 0 Å². The Labute approximate surface area is 601 Å². The summed E-state index contributed by atoms with van der Waals surface area (Å²) in [6.45, 7) is 4.68. The summed E-state index contributed by atoms with van der Waals surface area (Å²) in [5, 5.41) is 11.9. The predicted octanol–water partition coefficient (Wildman–Crippen LogP) is 25.4. The second kappa shape index (κ2) is 77.9. The molecule has 0 aliphatic carbocycles. The minimum absolute atomic E-state index is 0.148. The molecule has 0 fully saturated rings. The number of aliphatic carboxylic acids is 1. The lowest BCUT2D eigenvalue weighted by Gasteiger charge is -2.26. The van der Waals surface area contributed by atoms with Gasteiger partial charge in [0.2, 0.25) is 0 Å². The second-order valence-corrected chi connectivity index (χ2v) is 29.0. The number of ether oxygens (including phenoxy) is 4. The fourth-order valence-electron chi connectivity index (χ4n) is 12.0. The number of unbranched alkanes of at least 4 members (excludes halogenated alkanes) is 46. The van der Waals surface area contributed by atoms with Gasteiger partial charge in [0.15, 0.2) is 12.4 Å². The number of hydrogen-bond donors (Lipinski definition) is 0. The maximum absolute atomic E-state index is 13.0. The molecule has 9 nitrogen and oxygen atoms in total. The zero-order valence-electron chi connectivity index (χ0n) is 64.4. The van der Waals surface area contributed by atoms with Gasteiger partial charge in [-0.1, -0.05) is 374 Å². The number of hydrogen-bond acceptors (Lipinski definition) is 8. The van der Waals surface area contributed by atoms with Crippen LogP contribution >= 0.6 is 0 Å². The molecule has 0 aliphatic rings. The Balaban J connectivity index is 3.97. The molecule has 0 bridgehead atoms. The summed E-state index contributed by atoms with van der Waals surface area (Å²) in [7, 11) is 5.95. The SMILES string of the molecule is CC/C=C\C/C=C\C/C=C\C/C=C\C/C=C\CCCCCCCCCCCCCCCCCCCCCCCCCC(=O)OC(COC(=O)CCCCCCCCCCCCCCCCCCCC/C=C\C/C=C\C/C=C\CCCCCCC)COC(OCC[N+](C)(C)C)C(=O)[O-]. The minimum atomic E-state index is -1.62. The monoisotopic (exact) mass is 1360 g/mol. The van der Waals surface area contributed by atoms with E-state index >= 15 is 0 Å². The smallest absolute Gasteiger partial charge is 0.306 e. The summed E-state index contributed by atoms with van der Waals surface area (Å²) in [4.78, 5) is 37.6. The summed E-state index contributed by atoms with van der Waals surface area (Å²) in [6, 6.07) is 0. The molecule has 2 unspecified atom stereocenters. The van der Waals surface area contributed by atoms with Gasteiger partial charge in [-0.2, -0.15) is 0 Å². The molecule has 0 spiro atoms. The molecule has 0 N–H and O–H groups in total. The number of esters is 2. The third-order valence-corrected chi connectivity index (χ3v) is 18.3. The van der Waals surface area contributed by atoms with Crippen LogP contribution in [0.15, 0.2) is 97.2 Å². The number of carbonyl (C=O) groups excluding carboxylic acids is 3. The van der Waals surface area contributed by atoms with Crippen molar-refractivity contribution in [3.05, 3.63) is 97.2 Å². The summed E-state index contributed by atoms with van der Waals surface area (Å²) < 4.78 is 22.9. The van der Waals surface area contributed by atoms with Gasteiger partial charge in [0.05, 0.1) is 40.3 Å². The molecule has 97 heavy (non-hydrogen) atoms. The normalized spacial score (nSPS) is 13.1. The van der Waals surface area contributed by atoms with Crippen LogP contribution in [0.4, 0.5) is 0 Å². The highest BCUT2D eigenvalue weighted by atomic mass is 16.7. The first-order valence-corrected chi connectivity index (χ1v) is 41.4. The maximum Gasteiger partial charge on any atom is 0.306 e. The average molecular weight is 1360 g/mol. The number of likely N-dealkylation sites (N-methyl/N-ethyl adjacent to an activating group) is 1. The number of rotatable bonds is 77. The Morgan fingerprint density at radius 1 is 0.320 bits per heavy atom. The van der Waals surface area contributed by atoms with Gasteiger partial charge in [-0.25, -0.2) is 0 Å². The van der Waals surface area contributed by atoms with E-state index in [1.54, 1.807) is 0 Å². The van der Waals surface area contributed by atoms with E-state index in [0.29, 0.717) is 23.9 Å². The number of quaternary nitrogens is 1. The molecule has 0 aliphatic heterocycles. The van der Waals surface area contributed by atoms with Crippen LogP contribution in [0, 0.1) is 0 Å². The van der Waals surface area contributed by atoms with Crippen LogP contribution in [-0.4, -0.2) is 82.3 Å². The Morgan fingerprint density at radius 2 is 0.588 bits per heavy atom. The lowest BCUT2D eigenvalue weighted by molar-refractivity contribution is -0.870. The van der Waals surface area contributed by atoms with Crippen molar-refractivity contribution in [1.82, 2.24) is 0 Å². The summed E-state index contributed by atoms with van der Waals surface area (Å²) in [6.07, 6.45) is 105. The standard InChI is InChI=1S/C88H157NO8/c1-6-8-10-12-14-16-18-20-22-24-26-28-30-32-34-36-38-40-41-42-43-44-45-47-49-51-53-55-57-59-61-63-65-67-69-71-73-75-77-79-86(91)97-84(83-96-88(87(92)93)94-81-80-89(3,4)5)82-95-85(90)78-76-74-72-70-68-66-64-62-60-58-56-54-52-50-48-46-39-37-35-33-31-29-27-25-23-21-19-17-15-13-11-9-7-2/h8,10,14,16,19-22,25-28,31-34,84,88H,6-7,9,11-13,15,17-18,23-24,29-30,35-83H2,1-5H3/b10-8-,16-14-,21-19-,22-20-,27-25-,28-26-,33-31-,34-32-. The molecule has 0 saturated heterocycles. The van der Waals surface area contributed by atoms with Gasteiger partial charge in [0.25, 0.3) is 0 Å². The fraction of sp³-hybridized carbons (Fsp3) is 0.784. The largest absolute Gasteiger partial charge is 0.545 e. The Hall–Kier alpha value is -3.79. The molecule has 0 rings (SSSR count). The molecule has 0 aromatic rings. The quantitative estimate of drug-likeness (QED) is 0.0195. The summed E-state index contributed by atoms with van der Waals surface area (Å²) in [5.74, 6) is -2.26. The molecule has 0 aromatic carbocycles. The van der Waals surface area contributed by atoms with Crippen LogP contribution in [-0.2, 0) is 33.3 Å². The average Bonchev–Trinajstić information content (AvgIpc) is 2.39. The van der Waals surface area contributed by atoms with Crippen molar-refractivity contribution in [2.24, 2.45) is 0 Å². The van der Waals surface area contributed by atoms with Gasteiger partial charge in [0, 0.05) is 12.8 Å². The molecule has 562 valence electrons. The zero-order chi connectivity index (χ0) is 70.4. The summed E-state index contributed by atoms with van der Waals surface area (Å²) >= 11 is 0. The van der Waals surface area contributed by atoms with Crippen molar-refractivity contribution in [2.45, 2.75) is 399 Å². The first kappa shape index (κ1) is 93.2. The van der Waals surface area contributed by atoms with Gasteiger partial charge < -0.3 is 33.3 Å². The van der Waals surface area contributed by atoms with E-state index < -0.39 is 24.3 Å². The van der Waals surface area contributed by atoms with Crippen molar-refractivity contribution >= 4 is 17.9 Å². The highest BCUT2D eigenvalue weighted by Crippen LogP contribution is 2.19. The van der Waals surface area contributed by atoms with E-state index in [1.807, 2.05) is 21.1 Å².